The van der Waals surface area contributed by atoms with Gasteiger partial charge >= 0.3 is 0 Å². The van der Waals surface area contributed by atoms with Gasteiger partial charge < -0.3 is 10.5 Å². The highest BCUT2D eigenvalue weighted by molar-refractivity contribution is 7.95. The molecule has 1 aliphatic heterocycles. The fourth-order valence-electron chi connectivity index (χ4n) is 2.31. The Bertz CT molecular complexity index is 859. The molecule has 22 heavy (non-hydrogen) atoms. The molecule has 1 heterocycles. The lowest BCUT2D eigenvalue weighted by molar-refractivity contribution is 0.357. The summed E-state index contributed by atoms with van der Waals surface area (Å²) >= 11 is 0. The van der Waals surface area contributed by atoms with Crippen LogP contribution in [0.2, 0.25) is 0 Å². The zero-order chi connectivity index (χ0) is 15.7. The lowest BCUT2D eigenvalue weighted by atomic mass is 10.1. The normalized spacial score (nSPS) is 15.3. The summed E-state index contributed by atoms with van der Waals surface area (Å²) in [5, 5.41) is 0. The summed E-state index contributed by atoms with van der Waals surface area (Å²) in [5.74, 6) is -0.147. The summed E-state index contributed by atoms with van der Waals surface area (Å²) in [4.78, 5) is 0.406. The summed E-state index contributed by atoms with van der Waals surface area (Å²) in [6, 6.07) is 10.6. The van der Waals surface area contributed by atoms with Crippen molar-refractivity contribution in [2.75, 3.05) is 6.61 Å². The minimum atomic E-state index is -3.55. The van der Waals surface area contributed by atoms with Crippen LogP contribution in [0.25, 0.3) is 6.08 Å². The Morgan fingerprint density at radius 1 is 1.14 bits per heavy atom. The molecule has 114 valence electrons. The fourth-order valence-corrected chi connectivity index (χ4v) is 3.76. The smallest absolute Gasteiger partial charge is 0.206 e. The van der Waals surface area contributed by atoms with Crippen LogP contribution < -0.4 is 10.5 Å². The van der Waals surface area contributed by atoms with E-state index in [1.807, 2.05) is 0 Å². The monoisotopic (exact) mass is 319 g/mol. The van der Waals surface area contributed by atoms with Crippen molar-refractivity contribution in [1.29, 1.82) is 0 Å². The maximum Gasteiger partial charge on any atom is 0.206 e. The maximum absolute atomic E-state index is 13.1. The number of ether oxygens (including phenoxy) is 1. The van der Waals surface area contributed by atoms with Gasteiger partial charge in [0, 0.05) is 12.6 Å². The van der Waals surface area contributed by atoms with E-state index in [9.17, 15) is 12.8 Å². The Kier molecular flexibility index (Phi) is 3.72. The van der Waals surface area contributed by atoms with Crippen LogP contribution in [0.15, 0.2) is 52.3 Å². The number of halogens is 1. The number of hydrogen-bond donors (Lipinski definition) is 1. The molecule has 0 atom stereocenters. The van der Waals surface area contributed by atoms with Gasteiger partial charge in [0.25, 0.3) is 0 Å². The molecule has 3 rings (SSSR count). The van der Waals surface area contributed by atoms with Gasteiger partial charge in [0.15, 0.2) is 0 Å². The van der Waals surface area contributed by atoms with Crippen LogP contribution in [0.3, 0.4) is 0 Å². The molecule has 0 saturated heterocycles. The summed E-state index contributed by atoms with van der Waals surface area (Å²) < 4.78 is 43.3. The third-order valence-electron chi connectivity index (χ3n) is 3.44. The van der Waals surface area contributed by atoms with Crippen LogP contribution in [0.5, 0.6) is 5.75 Å². The van der Waals surface area contributed by atoms with Crippen molar-refractivity contribution in [2.24, 2.45) is 5.73 Å². The molecular formula is C16H14FNO3S. The second-order valence-electron chi connectivity index (χ2n) is 4.94. The molecule has 0 amide bonds. The topological polar surface area (TPSA) is 69.4 Å². The van der Waals surface area contributed by atoms with E-state index in [0.717, 1.165) is 5.56 Å². The Morgan fingerprint density at radius 2 is 1.95 bits per heavy atom. The summed E-state index contributed by atoms with van der Waals surface area (Å²) in [7, 11) is -3.55. The first kappa shape index (κ1) is 14.7. The molecule has 0 bridgehead atoms. The highest BCUT2D eigenvalue weighted by atomic mass is 32.2. The molecule has 1 aliphatic rings. The fraction of sp³-hybridized carbons (Fsp3) is 0.125. The molecule has 0 saturated carbocycles. The SMILES string of the molecule is NCc1ccc2c(c1)C=C(COc1cccc(F)c1)S2(=O)=O. The molecule has 0 aliphatic carbocycles. The number of nitrogens with two attached hydrogens (primary N) is 1. The predicted octanol–water partition coefficient (Wildman–Crippen LogP) is 2.49. The zero-order valence-corrected chi connectivity index (χ0v) is 12.4. The molecule has 2 N–H and O–H groups in total. The van der Waals surface area contributed by atoms with Crippen LogP contribution in [0, 0.1) is 5.82 Å². The number of hydrogen-bond acceptors (Lipinski definition) is 4. The quantitative estimate of drug-likeness (QED) is 0.940. The van der Waals surface area contributed by atoms with Gasteiger partial charge in [-0.05, 0) is 41.5 Å². The molecule has 0 radical (unpaired) electrons. The number of sulfone groups is 1. The predicted molar refractivity (Wildman–Crippen MR) is 81.4 cm³/mol. The molecule has 0 aromatic heterocycles. The average Bonchev–Trinajstić information content (AvgIpc) is 2.75. The second kappa shape index (κ2) is 5.55. The average molecular weight is 319 g/mol. The van der Waals surface area contributed by atoms with Gasteiger partial charge in [0.1, 0.15) is 18.2 Å². The highest BCUT2D eigenvalue weighted by Gasteiger charge is 2.29. The van der Waals surface area contributed by atoms with Crippen LogP contribution in [-0.4, -0.2) is 15.0 Å². The Balaban J connectivity index is 1.86. The summed E-state index contributed by atoms with van der Waals surface area (Å²) in [6.07, 6.45) is 1.57. The van der Waals surface area contributed by atoms with Crippen molar-refractivity contribution in [1.82, 2.24) is 0 Å². The number of benzene rings is 2. The van der Waals surface area contributed by atoms with Crippen molar-refractivity contribution in [3.8, 4) is 5.75 Å². The van der Waals surface area contributed by atoms with Gasteiger partial charge in [-0.2, -0.15) is 0 Å². The molecule has 6 heteroatoms. The van der Waals surface area contributed by atoms with Gasteiger partial charge in [-0.25, -0.2) is 12.8 Å². The molecular weight excluding hydrogens is 305 g/mol. The van der Waals surface area contributed by atoms with Gasteiger partial charge in [0.2, 0.25) is 9.84 Å². The van der Waals surface area contributed by atoms with Crippen LogP contribution in [-0.2, 0) is 16.4 Å². The Labute approximate surface area is 127 Å². The second-order valence-corrected chi connectivity index (χ2v) is 6.91. The third kappa shape index (κ3) is 2.63. The molecule has 0 unspecified atom stereocenters. The number of rotatable bonds is 4. The molecule has 0 fully saturated rings. The zero-order valence-electron chi connectivity index (χ0n) is 11.6. The standard InChI is InChI=1S/C16H14FNO3S/c17-13-2-1-3-14(8-13)21-10-15-7-12-6-11(9-18)4-5-16(12)22(15,19)20/h1-8H,9-10,18H2. The first-order chi connectivity index (χ1) is 10.5. The van der Waals surface area contributed by atoms with Crippen molar-refractivity contribution in [3.05, 3.63) is 64.3 Å². The van der Waals surface area contributed by atoms with E-state index in [0.29, 0.717) is 12.1 Å². The third-order valence-corrected chi connectivity index (χ3v) is 5.32. The molecule has 2 aromatic rings. The van der Waals surface area contributed by atoms with Gasteiger partial charge in [0.05, 0.1) is 9.80 Å². The maximum atomic E-state index is 13.1. The first-order valence-corrected chi connectivity index (χ1v) is 8.16. The molecule has 4 nitrogen and oxygen atoms in total. The van der Waals surface area contributed by atoms with Crippen LogP contribution in [0.1, 0.15) is 11.1 Å². The van der Waals surface area contributed by atoms with Crippen molar-refractivity contribution in [2.45, 2.75) is 11.4 Å². The van der Waals surface area contributed by atoms with Gasteiger partial charge in [-0.15, -0.1) is 0 Å². The van der Waals surface area contributed by atoms with E-state index in [4.69, 9.17) is 10.5 Å². The van der Waals surface area contributed by atoms with Crippen LogP contribution in [0.4, 0.5) is 4.39 Å². The Hall–Kier alpha value is -2.18. The van der Waals surface area contributed by atoms with E-state index >= 15 is 0 Å². The number of fused-ring (bicyclic) bond motifs is 1. The van der Waals surface area contributed by atoms with Crippen molar-refractivity contribution >= 4 is 15.9 Å². The van der Waals surface area contributed by atoms with E-state index in [-0.39, 0.29) is 22.2 Å². The first-order valence-electron chi connectivity index (χ1n) is 6.68. The van der Waals surface area contributed by atoms with E-state index in [1.165, 1.54) is 18.2 Å². The van der Waals surface area contributed by atoms with E-state index in [1.54, 1.807) is 30.3 Å². The minimum absolute atomic E-state index is 0.140. The van der Waals surface area contributed by atoms with Crippen molar-refractivity contribution < 1.29 is 17.5 Å². The van der Waals surface area contributed by atoms with E-state index in [2.05, 4.69) is 0 Å². The van der Waals surface area contributed by atoms with Gasteiger partial charge in [-0.1, -0.05) is 12.1 Å². The lowest BCUT2D eigenvalue weighted by Crippen LogP contribution is -2.09. The largest absolute Gasteiger partial charge is 0.488 e. The summed E-state index contributed by atoms with van der Waals surface area (Å²) in [6.45, 7) is 0.203. The lowest BCUT2D eigenvalue weighted by Gasteiger charge is -2.07. The van der Waals surface area contributed by atoms with Gasteiger partial charge in [-0.3, -0.25) is 0 Å². The molecule has 0 spiro atoms. The van der Waals surface area contributed by atoms with Crippen molar-refractivity contribution in [3.63, 3.8) is 0 Å². The summed E-state index contributed by atoms with van der Waals surface area (Å²) in [5.41, 5.74) is 7.04. The van der Waals surface area contributed by atoms with E-state index < -0.39 is 15.7 Å². The minimum Gasteiger partial charge on any atom is -0.488 e. The Morgan fingerprint density at radius 3 is 2.68 bits per heavy atom. The highest BCUT2D eigenvalue weighted by Crippen LogP contribution is 2.33. The molecule has 2 aromatic carbocycles. The van der Waals surface area contributed by atoms with Crippen LogP contribution >= 0.6 is 0 Å².